The summed E-state index contributed by atoms with van der Waals surface area (Å²) in [5, 5.41) is 13.6. The normalized spacial score (nSPS) is 20.1. The lowest BCUT2D eigenvalue weighted by molar-refractivity contribution is -0.120. The van der Waals surface area contributed by atoms with Crippen molar-refractivity contribution in [3.8, 4) is 31.7 Å². The molecule has 6 fully saturated rings. The third-order valence-electron chi connectivity index (χ3n) is 21.1. The van der Waals surface area contributed by atoms with Crippen LogP contribution in [0, 0.1) is 0 Å². The van der Waals surface area contributed by atoms with Crippen molar-refractivity contribution < 1.29 is 44.3 Å². The van der Waals surface area contributed by atoms with Gasteiger partial charge in [0, 0.05) is 169 Å². The maximum Gasteiger partial charge on any atom is 0.269 e. The number of hydrogen-bond acceptors (Lipinski definition) is 22. The maximum absolute atomic E-state index is 13.5. The van der Waals surface area contributed by atoms with Gasteiger partial charge in [-0.25, -0.2) is 67.1 Å². The van der Waals surface area contributed by atoms with Crippen molar-refractivity contribution in [1.82, 2.24) is 56.9 Å². The Morgan fingerprint density at radius 2 is 0.701 bits per heavy atom. The molecule has 28 heteroatoms. The van der Waals surface area contributed by atoms with Gasteiger partial charge in [0.2, 0.25) is 0 Å². The molecule has 107 heavy (non-hydrogen) atoms. The van der Waals surface area contributed by atoms with E-state index in [-0.39, 0.29) is 28.0 Å². The second-order valence-electron chi connectivity index (χ2n) is 27.4. The number of thiazole rings is 3. The van der Waals surface area contributed by atoms with Gasteiger partial charge in [-0.15, -0.1) is 34.0 Å². The van der Waals surface area contributed by atoms with Gasteiger partial charge in [0.25, 0.3) is 30.1 Å². The number of pyridine rings is 3. The van der Waals surface area contributed by atoms with Crippen molar-refractivity contribution in [2.24, 2.45) is 0 Å². The number of ketones is 1. The van der Waals surface area contributed by atoms with E-state index in [0.717, 1.165) is 171 Å². The Balaban J connectivity index is 0.000000129. The van der Waals surface area contributed by atoms with Crippen LogP contribution < -0.4 is 5.32 Å². The number of morpholine rings is 3. The maximum atomic E-state index is 13.5. The van der Waals surface area contributed by atoms with E-state index in [1.807, 2.05) is 46.7 Å². The summed E-state index contributed by atoms with van der Waals surface area (Å²) in [5.41, 5.74) is 7.07. The number of nitrogens with one attached hydrogen (secondary N) is 1. The topological polar surface area (TPSA) is 258 Å². The van der Waals surface area contributed by atoms with Gasteiger partial charge in [-0.1, -0.05) is 62.0 Å². The molecule has 12 heterocycles. The monoisotopic (exact) mass is 1560 g/mol. The zero-order chi connectivity index (χ0) is 72.6. The number of carbonyl (C=O) groups excluding carboxylic acids is 1. The first kappa shape index (κ1) is 75.7. The third kappa shape index (κ3) is 16.7. The van der Waals surface area contributed by atoms with E-state index in [4.69, 9.17) is 24.2 Å². The lowest BCUT2D eigenvalue weighted by atomic mass is 9.81. The lowest BCUT2D eigenvalue weighted by Crippen LogP contribution is -2.44. The molecule has 0 atom stereocenters. The van der Waals surface area contributed by atoms with E-state index >= 15 is 0 Å². The number of nitrogens with zero attached hydrogens (tertiary/aromatic N) is 11. The Bertz CT molecular complexity index is 5040. The first-order valence-electron chi connectivity index (χ1n) is 36.3. The minimum Gasteiger partial charge on any atom is -0.379 e. The van der Waals surface area contributed by atoms with Crippen molar-refractivity contribution in [3.05, 3.63) is 198 Å². The summed E-state index contributed by atoms with van der Waals surface area (Å²) in [7, 11) is -11.4. The highest BCUT2D eigenvalue weighted by molar-refractivity contribution is 7.90. The number of rotatable bonds is 14. The number of hydrogen-bond donors (Lipinski definition) is 1. The standard InChI is InChI=1S/2C26H28N4O3S2.C22H19N3O3S2.C4H9NO.CH4/c2*31-35(32,22-4-2-1-3-5-22)30-18-24(26-27-10-15-34-26)23-16-20(17-28-25(23)30)19-6-8-21(9-7-19)29-11-13-33-14-12-29;26-17-8-6-15(7-9-17)16-12-19-20(22-23-10-11-29-22)14-25(21(19)24-13-16)30(27,28)18-4-2-1-3-5-18;1-3-6-4-2-5-1;/h2*1-5,10,15-19,21H,6-9,11-14H2;1-5,10-15H,6-9H2;5H,1-4H2;1H4. The molecular formula is C79H88N12O10S6. The van der Waals surface area contributed by atoms with E-state index in [1.165, 1.54) is 82.7 Å². The molecule has 3 saturated heterocycles. The zero-order valence-electron chi connectivity index (χ0n) is 58.6. The summed E-state index contributed by atoms with van der Waals surface area (Å²) in [4.78, 5) is 44.8. The number of carbonyl (C=O) groups is 1. The van der Waals surface area contributed by atoms with Crippen LogP contribution in [0.3, 0.4) is 0 Å². The fourth-order valence-electron chi connectivity index (χ4n) is 15.4. The number of benzene rings is 3. The molecule has 18 rings (SSSR count). The summed E-state index contributed by atoms with van der Waals surface area (Å²) in [6.45, 7) is 11.3. The third-order valence-corrected chi connectivity index (χ3v) is 28.5. The molecule has 1 N–H and O–H groups in total. The average Bonchev–Trinajstić information content (AvgIpc) is 1.62. The average molecular weight is 1560 g/mol. The highest BCUT2D eigenvalue weighted by Gasteiger charge is 2.33. The summed E-state index contributed by atoms with van der Waals surface area (Å²) in [6, 6.07) is 33.0. The quantitative estimate of drug-likeness (QED) is 0.106. The van der Waals surface area contributed by atoms with Crippen molar-refractivity contribution >= 4 is 103 Å². The summed E-state index contributed by atoms with van der Waals surface area (Å²) < 4.78 is 101. The minimum atomic E-state index is -3.79. The molecule has 0 radical (unpaired) electrons. The second kappa shape index (κ2) is 34.2. The van der Waals surface area contributed by atoms with Crippen LogP contribution in [-0.2, 0) is 49.1 Å². The van der Waals surface area contributed by atoms with Gasteiger partial charge in [-0.05, 0) is 153 Å². The summed E-state index contributed by atoms with van der Waals surface area (Å²) >= 11 is 4.47. The highest BCUT2D eigenvalue weighted by Crippen LogP contribution is 2.43. The Hall–Kier alpha value is -8.10. The smallest absolute Gasteiger partial charge is 0.269 e. The molecule has 3 aliphatic carbocycles. The molecule has 12 aromatic rings. The predicted molar refractivity (Wildman–Crippen MR) is 421 cm³/mol. The van der Waals surface area contributed by atoms with Crippen LogP contribution in [0.4, 0.5) is 0 Å². The number of ether oxygens (including phenoxy) is 3. The molecular weight excluding hydrogens is 1470 g/mol. The molecule has 22 nitrogen and oxygen atoms in total. The van der Waals surface area contributed by atoms with Crippen LogP contribution in [0.5, 0.6) is 0 Å². The van der Waals surface area contributed by atoms with Crippen LogP contribution in [-0.4, -0.2) is 174 Å². The predicted octanol–water partition coefficient (Wildman–Crippen LogP) is 14.4. The molecule has 0 unspecified atom stereocenters. The van der Waals surface area contributed by atoms with E-state index in [2.05, 4.69) is 47.2 Å². The van der Waals surface area contributed by atoms with Gasteiger partial charge in [-0.3, -0.25) is 14.6 Å². The first-order valence-corrected chi connectivity index (χ1v) is 43.3. The Morgan fingerprint density at radius 1 is 0.393 bits per heavy atom. The second-order valence-corrected chi connectivity index (χ2v) is 35.5. The molecule has 9 aromatic heterocycles. The van der Waals surface area contributed by atoms with Crippen LogP contribution >= 0.6 is 34.0 Å². The minimum absolute atomic E-state index is 0. The summed E-state index contributed by atoms with van der Waals surface area (Å²) in [6.07, 6.45) is 27.6. The van der Waals surface area contributed by atoms with Crippen LogP contribution in [0.2, 0.25) is 0 Å². The lowest BCUT2D eigenvalue weighted by Gasteiger charge is -2.38. The van der Waals surface area contributed by atoms with Crippen molar-refractivity contribution in [1.29, 1.82) is 0 Å². The zero-order valence-corrected chi connectivity index (χ0v) is 63.5. The Labute approximate surface area is 637 Å². The molecule has 0 amide bonds. The van der Waals surface area contributed by atoms with Crippen molar-refractivity contribution in [2.45, 2.75) is 129 Å². The molecule has 560 valence electrons. The Morgan fingerprint density at radius 3 is 0.981 bits per heavy atom. The van der Waals surface area contributed by atoms with Gasteiger partial charge < -0.3 is 19.5 Å². The number of aromatic nitrogens is 9. The van der Waals surface area contributed by atoms with Gasteiger partial charge in [0.15, 0.2) is 16.9 Å². The molecule has 0 bridgehead atoms. The van der Waals surface area contributed by atoms with Crippen molar-refractivity contribution in [2.75, 3.05) is 78.9 Å². The molecule has 6 aliphatic rings. The van der Waals surface area contributed by atoms with E-state index < -0.39 is 30.1 Å². The first-order chi connectivity index (χ1) is 51.8. The van der Waals surface area contributed by atoms with Gasteiger partial charge in [0.05, 0.1) is 54.3 Å². The van der Waals surface area contributed by atoms with E-state index in [0.29, 0.717) is 59.5 Å². The number of Topliss-reactive ketones (excluding diaryl/α,β-unsaturated/α-hetero) is 1. The Kier molecular flexibility index (Phi) is 24.2. The molecule has 3 saturated carbocycles. The van der Waals surface area contributed by atoms with Gasteiger partial charge >= 0.3 is 0 Å². The van der Waals surface area contributed by atoms with Gasteiger partial charge in [-0.2, -0.15) is 0 Å². The molecule has 3 aromatic carbocycles. The number of fused-ring (bicyclic) bond motifs is 3. The van der Waals surface area contributed by atoms with E-state index in [1.54, 1.807) is 122 Å². The molecule has 3 aliphatic heterocycles. The van der Waals surface area contributed by atoms with Gasteiger partial charge in [0.1, 0.15) is 20.8 Å². The fraction of sp³-hybridized carbons (Fsp3) is 0.380. The van der Waals surface area contributed by atoms with E-state index in [9.17, 15) is 30.0 Å². The van der Waals surface area contributed by atoms with Crippen LogP contribution in [0.15, 0.2) is 196 Å². The SMILES string of the molecule is C.C1COCCN1.O=C1CCC(c2cnc3c(c2)c(-c2nccs2)cn3S(=O)(=O)c2ccccc2)CC1.O=S(=O)(c1ccccc1)n1cc(-c2nccs2)c2cc(C3CCC(N4CCOCC4)CC3)cnc21.O=S(=O)(c1ccccc1)n1cc(-c2nccs2)c2cc(C3CCC(N4CCOCC4)CC3)cnc21. The fourth-order valence-corrected chi connectivity index (χ4v) is 21.4. The van der Waals surface area contributed by atoms with Crippen molar-refractivity contribution in [3.63, 3.8) is 0 Å². The van der Waals surface area contributed by atoms with Crippen LogP contribution in [0.1, 0.15) is 119 Å². The summed E-state index contributed by atoms with van der Waals surface area (Å²) in [5.74, 6) is 1.44. The molecule has 0 spiro atoms. The highest BCUT2D eigenvalue weighted by atomic mass is 32.2. The van der Waals surface area contributed by atoms with Crippen LogP contribution in [0.25, 0.3) is 64.8 Å². The largest absolute Gasteiger partial charge is 0.379 e.